The molecule has 2 aromatic heterocycles. The van der Waals surface area contributed by atoms with Crippen LogP contribution in [-0.4, -0.2) is 85.2 Å². The van der Waals surface area contributed by atoms with Crippen LogP contribution in [-0.2, 0) is 9.47 Å². The molecule has 0 bridgehead atoms. The van der Waals surface area contributed by atoms with E-state index in [1.54, 1.807) is 16.1 Å². The van der Waals surface area contributed by atoms with E-state index in [2.05, 4.69) is 5.32 Å². The molecule has 2 aromatic carbocycles. The summed E-state index contributed by atoms with van der Waals surface area (Å²) in [5, 5.41) is 9.58. The van der Waals surface area contributed by atoms with Crippen LogP contribution in [0.4, 0.5) is 15.4 Å². The fraction of sp³-hybridized carbons (Fsp3) is 0.486. The summed E-state index contributed by atoms with van der Waals surface area (Å²) in [5.41, 5.74) is 1.12. The molecule has 6 rings (SSSR count). The van der Waals surface area contributed by atoms with Gasteiger partial charge in [-0.3, -0.25) is 0 Å². The lowest BCUT2D eigenvalue weighted by atomic mass is 10.0. The molecule has 49 heavy (non-hydrogen) atoms. The summed E-state index contributed by atoms with van der Waals surface area (Å²) in [5.74, 6) is 2.11. The van der Waals surface area contributed by atoms with Gasteiger partial charge in [0.2, 0.25) is 0 Å². The van der Waals surface area contributed by atoms with Crippen molar-refractivity contribution in [2.24, 2.45) is 0 Å². The average Bonchev–Trinajstić information content (AvgIpc) is 3.45. The fourth-order valence-electron chi connectivity index (χ4n) is 6.27. The molecule has 1 N–H and O–H groups in total. The molecule has 12 nitrogen and oxygen atoms in total. The number of rotatable bonds is 6. The van der Waals surface area contributed by atoms with E-state index in [-0.39, 0.29) is 24.3 Å². The molecule has 2 fully saturated rings. The Hall–Kier alpha value is -4.87. The zero-order valence-corrected chi connectivity index (χ0v) is 29.3. The van der Waals surface area contributed by atoms with Crippen LogP contribution >= 0.6 is 0 Å². The number of carbonyl (C=O) groups excluding carboxylic acids is 2. The minimum Gasteiger partial charge on any atom is -0.457 e. The van der Waals surface area contributed by atoms with Gasteiger partial charge in [0.15, 0.2) is 5.65 Å². The van der Waals surface area contributed by atoms with Gasteiger partial charge in [-0.2, -0.15) is 5.10 Å². The molecular weight excluding hydrogens is 622 g/mol. The van der Waals surface area contributed by atoms with E-state index in [0.717, 1.165) is 48.1 Å². The highest BCUT2D eigenvalue weighted by Crippen LogP contribution is 2.36. The second-order valence-corrected chi connectivity index (χ2v) is 14.8. The standard InChI is InChI=1S/C37H47N7O5/c1-36(2,3)48-34(45)42-20-10-12-26(22-42)40-32-30-31(25-16-18-29(19-17-25)47-28-14-8-7-9-15-28)41-44(33(30)39-24-38-32)27-13-11-21-43(23-27)35(46)49-37(4,5)6/h7-9,14-19,24,26-27H,10-13,20-23H2,1-6H3,(H,38,39,40)/t26-,27+/m0/s1. The molecule has 2 atom stereocenters. The highest BCUT2D eigenvalue weighted by atomic mass is 16.6. The first-order valence-corrected chi connectivity index (χ1v) is 17.1. The van der Waals surface area contributed by atoms with Crippen LogP contribution in [0.2, 0.25) is 0 Å². The summed E-state index contributed by atoms with van der Waals surface area (Å²) < 4.78 is 19.4. The minimum atomic E-state index is -0.585. The van der Waals surface area contributed by atoms with Crippen molar-refractivity contribution >= 4 is 29.0 Å². The Kier molecular flexibility index (Phi) is 9.67. The van der Waals surface area contributed by atoms with Gasteiger partial charge in [0.25, 0.3) is 0 Å². The molecule has 260 valence electrons. The van der Waals surface area contributed by atoms with E-state index in [0.29, 0.717) is 43.4 Å². The normalized spacial score (nSPS) is 18.7. The van der Waals surface area contributed by atoms with E-state index in [1.807, 2.05) is 101 Å². The van der Waals surface area contributed by atoms with Gasteiger partial charge < -0.3 is 29.3 Å². The van der Waals surface area contributed by atoms with Crippen LogP contribution in [0.25, 0.3) is 22.3 Å². The Labute approximate surface area is 287 Å². The molecule has 2 aliphatic rings. The Morgan fingerprint density at radius 3 is 2.04 bits per heavy atom. The number of nitrogens with one attached hydrogen (secondary N) is 1. The monoisotopic (exact) mass is 669 g/mol. The van der Waals surface area contributed by atoms with E-state index in [9.17, 15) is 9.59 Å². The first kappa shape index (κ1) is 34.0. The molecule has 2 saturated heterocycles. The van der Waals surface area contributed by atoms with Crippen molar-refractivity contribution in [1.82, 2.24) is 29.5 Å². The average molecular weight is 670 g/mol. The number of carbonyl (C=O) groups is 2. The molecule has 0 unspecified atom stereocenters. The Balaban J connectivity index is 1.33. The first-order valence-electron chi connectivity index (χ1n) is 17.1. The SMILES string of the molecule is CC(C)(C)OC(=O)N1CCC[C@H](Nc2ncnc3c2c(-c2ccc(Oc4ccccc4)cc2)nn3[C@@H]2CCCN(C(=O)OC(C)(C)C)C2)C1. The van der Waals surface area contributed by atoms with Gasteiger partial charge >= 0.3 is 12.2 Å². The van der Waals surface area contributed by atoms with Crippen LogP contribution in [0.3, 0.4) is 0 Å². The number of para-hydroxylation sites is 1. The van der Waals surface area contributed by atoms with E-state index >= 15 is 0 Å². The second kappa shape index (κ2) is 13.9. The van der Waals surface area contributed by atoms with Crippen LogP contribution in [0.1, 0.15) is 73.3 Å². The summed E-state index contributed by atoms with van der Waals surface area (Å²) in [7, 11) is 0. The number of hydrogen-bond donors (Lipinski definition) is 1. The van der Waals surface area contributed by atoms with Crippen molar-refractivity contribution in [1.29, 1.82) is 0 Å². The number of benzene rings is 2. The second-order valence-electron chi connectivity index (χ2n) is 14.8. The number of amides is 2. The fourth-order valence-corrected chi connectivity index (χ4v) is 6.27. The number of anilines is 1. The summed E-state index contributed by atoms with van der Waals surface area (Å²) in [6, 6.07) is 17.3. The smallest absolute Gasteiger partial charge is 0.410 e. The van der Waals surface area contributed by atoms with Crippen LogP contribution in [0, 0.1) is 0 Å². The Morgan fingerprint density at radius 1 is 0.776 bits per heavy atom. The number of likely N-dealkylation sites (tertiary alicyclic amines) is 2. The molecule has 2 amide bonds. The molecule has 4 heterocycles. The molecule has 0 saturated carbocycles. The van der Waals surface area contributed by atoms with Gasteiger partial charge in [-0.25, -0.2) is 24.2 Å². The zero-order valence-electron chi connectivity index (χ0n) is 29.3. The number of nitrogens with zero attached hydrogens (tertiary/aromatic N) is 6. The maximum absolute atomic E-state index is 13.1. The third-order valence-electron chi connectivity index (χ3n) is 8.40. The van der Waals surface area contributed by atoms with Gasteiger partial charge in [-0.05, 0) is 104 Å². The van der Waals surface area contributed by atoms with Crippen molar-refractivity contribution in [3.63, 3.8) is 0 Å². The number of hydrogen-bond acceptors (Lipinski definition) is 9. The quantitative estimate of drug-likeness (QED) is 0.220. The Bertz CT molecular complexity index is 1760. The van der Waals surface area contributed by atoms with Crippen molar-refractivity contribution in [2.45, 2.75) is 90.5 Å². The summed E-state index contributed by atoms with van der Waals surface area (Å²) in [6.07, 6.45) is 4.25. The summed E-state index contributed by atoms with van der Waals surface area (Å²) in [4.78, 5) is 39.0. The lowest BCUT2D eigenvalue weighted by Crippen LogP contribution is -2.47. The first-order chi connectivity index (χ1) is 23.3. The molecule has 2 aliphatic heterocycles. The summed E-state index contributed by atoms with van der Waals surface area (Å²) >= 11 is 0. The minimum absolute atomic E-state index is 0.0467. The highest BCUT2D eigenvalue weighted by Gasteiger charge is 2.33. The molecule has 0 radical (unpaired) electrons. The van der Waals surface area contributed by atoms with Gasteiger partial charge in [0, 0.05) is 37.8 Å². The van der Waals surface area contributed by atoms with Crippen molar-refractivity contribution in [2.75, 3.05) is 31.5 Å². The van der Waals surface area contributed by atoms with E-state index in [1.165, 1.54) is 0 Å². The van der Waals surface area contributed by atoms with Gasteiger partial charge in [0.1, 0.15) is 40.5 Å². The number of fused-ring (bicyclic) bond motifs is 1. The third kappa shape index (κ3) is 8.41. The Morgan fingerprint density at radius 2 is 1.39 bits per heavy atom. The number of aromatic nitrogens is 4. The maximum atomic E-state index is 13.1. The molecule has 0 spiro atoms. The zero-order chi connectivity index (χ0) is 34.8. The largest absolute Gasteiger partial charge is 0.457 e. The van der Waals surface area contributed by atoms with E-state index < -0.39 is 11.2 Å². The highest BCUT2D eigenvalue weighted by molar-refractivity contribution is 5.99. The van der Waals surface area contributed by atoms with Gasteiger partial charge in [-0.15, -0.1) is 0 Å². The number of ether oxygens (including phenoxy) is 3. The van der Waals surface area contributed by atoms with Gasteiger partial charge in [0.05, 0.1) is 11.4 Å². The van der Waals surface area contributed by atoms with Crippen molar-refractivity contribution in [3.05, 3.63) is 60.9 Å². The molecule has 12 heteroatoms. The topological polar surface area (TPSA) is 124 Å². The van der Waals surface area contributed by atoms with Crippen LogP contribution in [0.5, 0.6) is 11.5 Å². The van der Waals surface area contributed by atoms with Crippen molar-refractivity contribution in [3.8, 4) is 22.8 Å². The summed E-state index contributed by atoms with van der Waals surface area (Å²) in [6.45, 7) is 13.5. The molecule has 4 aromatic rings. The number of piperidine rings is 2. The molecule has 0 aliphatic carbocycles. The van der Waals surface area contributed by atoms with Crippen LogP contribution < -0.4 is 10.1 Å². The maximum Gasteiger partial charge on any atom is 0.410 e. The van der Waals surface area contributed by atoms with Gasteiger partial charge in [-0.1, -0.05) is 18.2 Å². The predicted octanol–water partition coefficient (Wildman–Crippen LogP) is 7.67. The van der Waals surface area contributed by atoms with E-state index in [4.69, 9.17) is 29.3 Å². The third-order valence-corrected chi connectivity index (χ3v) is 8.40. The lowest BCUT2D eigenvalue weighted by molar-refractivity contribution is 0.0167. The molecular formula is C37H47N7O5. The predicted molar refractivity (Wildman–Crippen MR) is 188 cm³/mol. The lowest BCUT2D eigenvalue weighted by Gasteiger charge is -2.34. The van der Waals surface area contributed by atoms with Crippen LogP contribution in [0.15, 0.2) is 60.9 Å². The van der Waals surface area contributed by atoms with Crippen molar-refractivity contribution < 1.29 is 23.8 Å².